The number of hydrogen-bond donors (Lipinski definition) is 1. The largest absolute Gasteiger partial charge is 0.493 e. The van der Waals surface area contributed by atoms with Crippen molar-refractivity contribution in [2.45, 2.75) is 20.0 Å². The molecule has 1 N–H and O–H groups in total. The number of benzene rings is 4. The van der Waals surface area contributed by atoms with E-state index in [0.717, 1.165) is 39.3 Å². The zero-order chi connectivity index (χ0) is 30.2. The molecule has 43 heavy (non-hydrogen) atoms. The first-order chi connectivity index (χ1) is 21.0. The average Bonchev–Trinajstić information content (AvgIpc) is 3.42. The lowest BCUT2D eigenvalue weighted by Gasteiger charge is -2.16. The van der Waals surface area contributed by atoms with Gasteiger partial charge in [-0.25, -0.2) is 5.43 Å². The van der Waals surface area contributed by atoms with Crippen LogP contribution >= 0.6 is 22.6 Å². The number of halogens is 1. The van der Waals surface area contributed by atoms with E-state index in [0.29, 0.717) is 30.1 Å². The van der Waals surface area contributed by atoms with Gasteiger partial charge in [-0.15, -0.1) is 6.58 Å². The van der Waals surface area contributed by atoms with E-state index in [9.17, 15) is 4.79 Å². The molecule has 0 spiro atoms. The Bertz CT molecular complexity index is 1740. The van der Waals surface area contributed by atoms with Gasteiger partial charge < -0.3 is 14.0 Å². The maximum Gasteiger partial charge on any atom is 0.271 e. The quantitative estimate of drug-likeness (QED) is 0.0663. The highest BCUT2D eigenvalue weighted by Crippen LogP contribution is 2.34. The maximum atomic E-state index is 12.9. The molecule has 1 amide bonds. The van der Waals surface area contributed by atoms with E-state index in [1.165, 1.54) is 3.57 Å². The smallest absolute Gasteiger partial charge is 0.271 e. The minimum atomic E-state index is -0.300. The van der Waals surface area contributed by atoms with Crippen molar-refractivity contribution in [2.24, 2.45) is 5.10 Å². The first kappa shape index (κ1) is 29.8. The molecular weight excluding hydrogens is 649 g/mol. The third kappa shape index (κ3) is 7.24. The highest BCUT2D eigenvalue weighted by atomic mass is 127. The summed E-state index contributed by atoms with van der Waals surface area (Å²) in [5, 5.41) is 4.21. The van der Waals surface area contributed by atoms with Crippen LogP contribution in [-0.4, -0.2) is 23.8 Å². The molecule has 0 atom stereocenters. The van der Waals surface area contributed by atoms with Crippen molar-refractivity contribution in [3.8, 4) is 28.4 Å². The van der Waals surface area contributed by atoms with Gasteiger partial charge >= 0.3 is 0 Å². The molecular formula is C36H32IN3O3. The second-order valence-electron chi connectivity index (χ2n) is 9.93. The standard InChI is InChI=1S/C36H32IN3O3/c1-4-8-30-21-27(22-34(42-3)35(30)43-24-26-12-16-31(37)17-13-26)23-38-39-36(41)29-14-18-32(19-15-29)40-25(2)11-20-33(40)28-9-6-5-7-10-28/h4-7,9-23H,1,8,24H2,2-3H3,(H,39,41)/b38-23+. The second kappa shape index (κ2) is 14.0. The van der Waals surface area contributed by atoms with Gasteiger partial charge in [-0.2, -0.15) is 5.10 Å². The normalized spacial score (nSPS) is 11.0. The number of aromatic nitrogens is 1. The molecule has 0 aliphatic rings. The summed E-state index contributed by atoms with van der Waals surface area (Å²) >= 11 is 2.28. The van der Waals surface area contributed by atoms with Crippen molar-refractivity contribution >= 4 is 34.7 Å². The number of aryl methyl sites for hydroxylation is 1. The summed E-state index contributed by atoms with van der Waals surface area (Å²) in [5.74, 6) is 0.949. The number of hydrogen-bond acceptors (Lipinski definition) is 4. The Morgan fingerprint density at radius 1 is 0.977 bits per heavy atom. The van der Waals surface area contributed by atoms with Crippen molar-refractivity contribution in [1.82, 2.24) is 9.99 Å². The maximum absolute atomic E-state index is 12.9. The Kier molecular flexibility index (Phi) is 9.73. The second-order valence-corrected chi connectivity index (χ2v) is 11.2. The Balaban J connectivity index is 1.28. The summed E-state index contributed by atoms with van der Waals surface area (Å²) < 4.78 is 15.2. The van der Waals surface area contributed by atoms with Crippen LogP contribution in [0.2, 0.25) is 0 Å². The molecule has 7 heteroatoms. The van der Waals surface area contributed by atoms with Crippen LogP contribution in [0.3, 0.4) is 0 Å². The molecule has 1 aromatic heterocycles. The van der Waals surface area contributed by atoms with E-state index in [1.54, 1.807) is 25.5 Å². The molecule has 0 unspecified atom stereocenters. The minimum Gasteiger partial charge on any atom is -0.493 e. The van der Waals surface area contributed by atoms with Crippen LogP contribution < -0.4 is 14.9 Å². The number of nitrogens with zero attached hydrogens (tertiary/aromatic N) is 2. The van der Waals surface area contributed by atoms with Gasteiger partial charge in [0.05, 0.1) is 19.0 Å². The van der Waals surface area contributed by atoms with Crippen LogP contribution in [0.1, 0.15) is 32.7 Å². The number of amides is 1. The number of hydrazone groups is 1. The predicted octanol–water partition coefficient (Wildman–Crippen LogP) is 8.14. The van der Waals surface area contributed by atoms with Gasteiger partial charge in [0.1, 0.15) is 6.61 Å². The van der Waals surface area contributed by atoms with Crippen LogP contribution in [0.4, 0.5) is 0 Å². The molecule has 4 aromatic carbocycles. The van der Waals surface area contributed by atoms with E-state index in [-0.39, 0.29) is 5.91 Å². The van der Waals surface area contributed by atoms with E-state index >= 15 is 0 Å². The van der Waals surface area contributed by atoms with Crippen molar-refractivity contribution in [3.05, 3.63) is 147 Å². The molecule has 0 radical (unpaired) electrons. The Morgan fingerprint density at radius 2 is 1.72 bits per heavy atom. The molecule has 0 aliphatic carbocycles. The number of nitrogens with one attached hydrogen (secondary N) is 1. The summed E-state index contributed by atoms with van der Waals surface area (Å²) in [7, 11) is 1.61. The van der Waals surface area contributed by atoms with Gasteiger partial charge in [-0.3, -0.25) is 4.79 Å². The minimum absolute atomic E-state index is 0.300. The van der Waals surface area contributed by atoms with Crippen LogP contribution in [-0.2, 0) is 13.0 Å². The molecule has 0 bridgehead atoms. The van der Waals surface area contributed by atoms with Crippen LogP contribution in [0.25, 0.3) is 16.9 Å². The summed E-state index contributed by atoms with van der Waals surface area (Å²) in [4.78, 5) is 12.9. The van der Waals surface area contributed by atoms with Gasteiger partial charge in [0.25, 0.3) is 5.91 Å². The summed E-state index contributed by atoms with van der Waals surface area (Å²) in [6.07, 6.45) is 4.00. The first-order valence-electron chi connectivity index (χ1n) is 13.8. The third-order valence-electron chi connectivity index (χ3n) is 6.95. The lowest BCUT2D eigenvalue weighted by Crippen LogP contribution is -2.17. The molecule has 0 aliphatic heterocycles. The van der Waals surface area contributed by atoms with E-state index < -0.39 is 0 Å². The van der Waals surface area contributed by atoms with Crippen molar-refractivity contribution in [1.29, 1.82) is 0 Å². The fourth-order valence-electron chi connectivity index (χ4n) is 4.82. The van der Waals surface area contributed by atoms with Gasteiger partial charge in [0.15, 0.2) is 11.5 Å². The van der Waals surface area contributed by atoms with Crippen molar-refractivity contribution in [3.63, 3.8) is 0 Å². The first-order valence-corrected chi connectivity index (χ1v) is 14.9. The van der Waals surface area contributed by atoms with Crippen molar-refractivity contribution in [2.75, 3.05) is 7.11 Å². The zero-order valence-electron chi connectivity index (χ0n) is 24.1. The van der Waals surface area contributed by atoms with Crippen LogP contribution in [0.5, 0.6) is 11.5 Å². The lowest BCUT2D eigenvalue weighted by atomic mass is 10.1. The van der Waals surface area contributed by atoms with Gasteiger partial charge in [0.2, 0.25) is 0 Å². The van der Waals surface area contributed by atoms with E-state index in [1.807, 2.05) is 72.8 Å². The number of carbonyl (C=O) groups is 1. The average molecular weight is 682 g/mol. The number of methoxy groups -OCH3 is 1. The number of ether oxygens (including phenoxy) is 2. The predicted molar refractivity (Wildman–Crippen MR) is 181 cm³/mol. The van der Waals surface area contributed by atoms with Crippen molar-refractivity contribution < 1.29 is 14.3 Å². The summed E-state index contributed by atoms with van der Waals surface area (Å²) in [5.41, 5.74) is 10.2. The number of carbonyl (C=O) groups excluding carboxylic acids is 1. The molecule has 0 fully saturated rings. The molecule has 0 saturated carbocycles. The molecule has 216 valence electrons. The van der Waals surface area contributed by atoms with Gasteiger partial charge in [-0.05, 0) is 113 Å². The number of rotatable bonds is 11. The fraction of sp³-hybridized carbons (Fsp3) is 0.111. The van der Waals surface area contributed by atoms with Crippen LogP contribution in [0.15, 0.2) is 121 Å². The molecule has 6 nitrogen and oxygen atoms in total. The van der Waals surface area contributed by atoms with Crippen LogP contribution in [0, 0.1) is 10.5 Å². The summed E-state index contributed by atoms with van der Waals surface area (Å²) in [6, 6.07) is 33.9. The molecule has 1 heterocycles. The van der Waals surface area contributed by atoms with E-state index in [4.69, 9.17) is 9.47 Å². The highest BCUT2D eigenvalue weighted by molar-refractivity contribution is 14.1. The van der Waals surface area contributed by atoms with Gasteiger partial charge in [-0.1, -0.05) is 48.5 Å². The Labute approximate surface area is 265 Å². The lowest BCUT2D eigenvalue weighted by molar-refractivity contribution is 0.0955. The SMILES string of the molecule is C=CCc1cc(/C=N/NC(=O)c2ccc(-n3c(C)ccc3-c3ccccc3)cc2)cc(OC)c1OCc1ccc(I)cc1. The Morgan fingerprint density at radius 3 is 2.42 bits per heavy atom. The molecule has 5 rings (SSSR count). The highest BCUT2D eigenvalue weighted by Gasteiger charge is 2.14. The molecule has 5 aromatic rings. The van der Waals surface area contributed by atoms with E-state index in [2.05, 4.69) is 75.5 Å². The fourth-order valence-corrected chi connectivity index (χ4v) is 5.18. The van der Waals surface area contributed by atoms with Gasteiger partial charge in [0, 0.05) is 26.1 Å². The topological polar surface area (TPSA) is 64.9 Å². The number of allylic oxidation sites excluding steroid dienone is 1. The molecule has 0 saturated heterocycles. The Hall–Kier alpha value is -4.63. The third-order valence-corrected chi connectivity index (χ3v) is 7.67. The zero-order valence-corrected chi connectivity index (χ0v) is 26.2. The summed E-state index contributed by atoms with van der Waals surface area (Å²) in [6.45, 7) is 6.37. The monoisotopic (exact) mass is 681 g/mol.